The number of alkyl halides is 3. The number of piperazine rings is 1. The zero-order chi connectivity index (χ0) is 14.9. The minimum absolute atomic E-state index is 0. The van der Waals surface area contributed by atoms with Crippen molar-refractivity contribution in [2.75, 3.05) is 26.2 Å². The zero-order valence-electron chi connectivity index (χ0n) is 11.1. The first-order valence-corrected chi connectivity index (χ1v) is 5.96. The van der Waals surface area contributed by atoms with Crippen LogP contribution < -0.4 is 5.32 Å². The molecule has 128 valence electrons. The van der Waals surface area contributed by atoms with E-state index in [0.29, 0.717) is 19.2 Å². The van der Waals surface area contributed by atoms with Gasteiger partial charge in [-0.15, -0.1) is 24.8 Å². The highest BCUT2D eigenvalue weighted by Crippen LogP contribution is 2.39. The number of hydrogen-bond acceptors (Lipinski definition) is 2. The lowest BCUT2D eigenvalue weighted by Gasteiger charge is -2.36. The van der Waals surface area contributed by atoms with Gasteiger partial charge in [-0.2, -0.15) is 13.2 Å². The molecule has 1 fully saturated rings. The second-order valence-corrected chi connectivity index (χ2v) is 4.52. The molecule has 1 aromatic carbocycles. The van der Waals surface area contributed by atoms with Gasteiger partial charge in [-0.25, -0.2) is 13.2 Å². The molecule has 1 heterocycles. The summed E-state index contributed by atoms with van der Waals surface area (Å²) < 4.78 is 79.4. The SMILES string of the molecule is Cl.Cl.Fc1cc(F)c(F)c([C@@H](N2CCNCC2)C(F)(F)F)c1. The van der Waals surface area contributed by atoms with Crippen LogP contribution in [0, 0.1) is 17.5 Å². The van der Waals surface area contributed by atoms with E-state index in [0.717, 1.165) is 4.90 Å². The van der Waals surface area contributed by atoms with Crippen molar-refractivity contribution in [1.82, 2.24) is 10.2 Å². The number of rotatable bonds is 2. The Morgan fingerprint density at radius 2 is 1.55 bits per heavy atom. The monoisotopic (exact) mass is 370 g/mol. The van der Waals surface area contributed by atoms with Crippen LogP contribution in [0.3, 0.4) is 0 Å². The van der Waals surface area contributed by atoms with Crippen LogP contribution in [0.2, 0.25) is 0 Å². The van der Waals surface area contributed by atoms with E-state index >= 15 is 0 Å². The fourth-order valence-corrected chi connectivity index (χ4v) is 2.30. The Morgan fingerprint density at radius 1 is 1.00 bits per heavy atom. The summed E-state index contributed by atoms with van der Waals surface area (Å²) in [6.07, 6.45) is -4.82. The highest BCUT2D eigenvalue weighted by Gasteiger charge is 2.46. The first-order chi connectivity index (χ1) is 9.30. The van der Waals surface area contributed by atoms with Crippen molar-refractivity contribution in [3.8, 4) is 0 Å². The third kappa shape index (κ3) is 4.65. The fourth-order valence-electron chi connectivity index (χ4n) is 2.30. The van der Waals surface area contributed by atoms with Gasteiger partial charge in [-0.05, 0) is 6.07 Å². The molecule has 1 saturated heterocycles. The van der Waals surface area contributed by atoms with Gasteiger partial charge in [0.2, 0.25) is 0 Å². The van der Waals surface area contributed by atoms with Gasteiger partial charge in [0, 0.05) is 37.8 Å². The molecular weight excluding hydrogens is 357 g/mol. The number of nitrogens with one attached hydrogen (secondary N) is 1. The predicted molar refractivity (Wildman–Crippen MR) is 74.1 cm³/mol. The molecule has 1 aliphatic heterocycles. The van der Waals surface area contributed by atoms with Crippen molar-refractivity contribution >= 4 is 24.8 Å². The zero-order valence-corrected chi connectivity index (χ0v) is 12.7. The predicted octanol–water partition coefficient (Wildman–Crippen LogP) is 3.46. The van der Waals surface area contributed by atoms with Gasteiger partial charge >= 0.3 is 6.18 Å². The second kappa shape index (κ2) is 8.24. The van der Waals surface area contributed by atoms with E-state index < -0.39 is 35.2 Å². The molecule has 0 aromatic heterocycles. The van der Waals surface area contributed by atoms with E-state index in [-0.39, 0.29) is 44.0 Å². The van der Waals surface area contributed by atoms with Gasteiger partial charge in [0.15, 0.2) is 11.6 Å². The molecule has 1 atom stereocenters. The van der Waals surface area contributed by atoms with E-state index in [2.05, 4.69) is 5.32 Å². The van der Waals surface area contributed by atoms with Gasteiger partial charge in [0.1, 0.15) is 11.9 Å². The minimum Gasteiger partial charge on any atom is -0.314 e. The summed E-state index contributed by atoms with van der Waals surface area (Å²) >= 11 is 0. The van der Waals surface area contributed by atoms with Crippen molar-refractivity contribution < 1.29 is 26.3 Å². The van der Waals surface area contributed by atoms with Crippen molar-refractivity contribution in [2.24, 2.45) is 0 Å². The second-order valence-electron chi connectivity index (χ2n) is 4.52. The Labute approximate surface area is 135 Å². The average molecular weight is 371 g/mol. The molecule has 0 radical (unpaired) electrons. The standard InChI is InChI=1S/C12H12F6N2.2ClH/c13-7-5-8(10(15)9(14)6-7)11(12(16,17)18)20-3-1-19-2-4-20;;/h5-6,11,19H,1-4H2;2*1H/t11-;;/m1../s1. The molecule has 22 heavy (non-hydrogen) atoms. The van der Waals surface area contributed by atoms with Crippen LogP contribution in [0.15, 0.2) is 12.1 Å². The molecule has 0 saturated carbocycles. The molecule has 0 amide bonds. The molecule has 2 nitrogen and oxygen atoms in total. The summed E-state index contributed by atoms with van der Waals surface area (Å²) in [5.74, 6) is -4.51. The summed E-state index contributed by atoms with van der Waals surface area (Å²) in [4.78, 5) is 0.966. The van der Waals surface area contributed by atoms with E-state index in [4.69, 9.17) is 0 Å². The van der Waals surface area contributed by atoms with Crippen LogP contribution in [0.4, 0.5) is 26.3 Å². The van der Waals surface area contributed by atoms with E-state index in [1.54, 1.807) is 0 Å². The Balaban J connectivity index is 0.00000220. The Bertz CT molecular complexity index is 491. The highest BCUT2D eigenvalue weighted by molar-refractivity contribution is 5.85. The van der Waals surface area contributed by atoms with Crippen molar-refractivity contribution in [1.29, 1.82) is 0 Å². The third-order valence-electron chi connectivity index (χ3n) is 3.14. The number of nitrogens with zero attached hydrogens (tertiary/aromatic N) is 1. The summed E-state index contributed by atoms with van der Waals surface area (Å²) in [7, 11) is 0. The molecule has 2 rings (SSSR count). The molecule has 1 N–H and O–H groups in total. The molecule has 0 spiro atoms. The maximum Gasteiger partial charge on any atom is 0.408 e. The molecule has 0 unspecified atom stereocenters. The summed E-state index contributed by atoms with van der Waals surface area (Å²) in [6.45, 7) is 0.626. The lowest BCUT2D eigenvalue weighted by Crippen LogP contribution is -2.49. The normalized spacial score (nSPS) is 17.4. The van der Waals surface area contributed by atoms with Gasteiger partial charge in [-0.3, -0.25) is 4.90 Å². The first kappa shape index (κ1) is 21.3. The molecule has 1 aliphatic rings. The lowest BCUT2D eigenvalue weighted by molar-refractivity contribution is -0.188. The van der Waals surface area contributed by atoms with Gasteiger partial charge in [-0.1, -0.05) is 0 Å². The van der Waals surface area contributed by atoms with Crippen molar-refractivity contribution in [3.63, 3.8) is 0 Å². The van der Waals surface area contributed by atoms with E-state index in [9.17, 15) is 26.3 Å². The largest absolute Gasteiger partial charge is 0.408 e. The summed E-state index contributed by atoms with van der Waals surface area (Å²) in [5.41, 5.74) is -1.02. The maximum absolute atomic E-state index is 13.6. The first-order valence-electron chi connectivity index (χ1n) is 5.96. The van der Waals surface area contributed by atoms with Crippen molar-refractivity contribution in [2.45, 2.75) is 12.2 Å². The Morgan fingerprint density at radius 3 is 2.05 bits per heavy atom. The van der Waals surface area contributed by atoms with E-state index in [1.165, 1.54) is 0 Å². The van der Waals surface area contributed by atoms with Crippen molar-refractivity contribution in [3.05, 3.63) is 35.1 Å². The molecule has 10 heteroatoms. The fraction of sp³-hybridized carbons (Fsp3) is 0.500. The summed E-state index contributed by atoms with van der Waals surface area (Å²) in [6, 6.07) is -1.72. The number of benzene rings is 1. The van der Waals surface area contributed by atoms with Crippen LogP contribution >= 0.6 is 24.8 Å². The van der Waals surface area contributed by atoms with Gasteiger partial charge < -0.3 is 5.32 Å². The topological polar surface area (TPSA) is 15.3 Å². The number of halogens is 8. The lowest BCUT2D eigenvalue weighted by atomic mass is 10.0. The quantitative estimate of drug-likeness (QED) is 0.633. The van der Waals surface area contributed by atoms with Crippen LogP contribution in [-0.4, -0.2) is 37.3 Å². The van der Waals surface area contributed by atoms with Crippen LogP contribution in [0.25, 0.3) is 0 Å². The molecule has 0 aliphatic carbocycles. The smallest absolute Gasteiger partial charge is 0.314 e. The van der Waals surface area contributed by atoms with Gasteiger partial charge in [0.25, 0.3) is 0 Å². The van der Waals surface area contributed by atoms with Gasteiger partial charge in [0.05, 0.1) is 0 Å². The third-order valence-corrected chi connectivity index (χ3v) is 3.14. The number of hydrogen-bond donors (Lipinski definition) is 1. The Kier molecular flexibility index (Phi) is 7.97. The highest BCUT2D eigenvalue weighted by atomic mass is 35.5. The van der Waals surface area contributed by atoms with Crippen LogP contribution in [0.5, 0.6) is 0 Å². The molecule has 0 bridgehead atoms. The minimum atomic E-state index is -4.82. The summed E-state index contributed by atoms with van der Waals surface area (Å²) in [5, 5.41) is 2.86. The maximum atomic E-state index is 13.6. The van der Waals surface area contributed by atoms with Crippen LogP contribution in [-0.2, 0) is 0 Å². The Hall–Kier alpha value is -0.700. The molecule has 1 aromatic rings. The average Bonchev–Trinajstić information content (AvgIpc) is 2.35. The molecular formula is C12H14Cl2F6N2. The van der Waals surface area contributed by atoms with E-state index in [1.807, 2.05) is 0 Å². The van der Waals surface area contributed by atoms with Crippen LogP contribution in [0.1, 0.15) is 11.6 Å².